The third-order valence-corrected chi connectivity index (χ3v) is 1.63. The number of benzene rings is 1. The van der Waals surface area contributed by atoms with E-state index in [9.17, 15) is 0 Å². The monoisotopic (exact) mass is 152 g/mol. The Morgan fingerprint density at radius 3 is 2.27 bits per heavy atom. The topological polar surface area (TPSA) is 34.3 Å². The van der Waals surface area contributed by atoms with E-state index >= 15 is 0 Å². The fourth-order valence-corrected chi connectivity index (χ4v) is 0.962. The third-order valence-electron chi connectivity index (χ3n) is 1.63. The van der Waals surface area contributed by atoms with Crippen molar-refractivity contribution in [3.8, 4) is 0 Å². The standard InChI is InChI=1S/C8H8O3/c1-9-8(10-11-8)7-5-3-2-4-6-7/h2-6H,1H3. The molecule has 0 unspecified atom stereocenters. The lowest BCUT2D eigenvalue weighted by Gasteiger charge is -2.02. The van der Waals surface area contributed by atoms with E-state index in [1.165, 1.54) is 0 Å². The summed E-state index contributed by atoms with van der Waals surface area (Å²) in [4.78, 5) is 9.42. The molecule has 0 aliphatic carbocycles. The van der Waals surface area contributed by atoms with Crippen molar-refractivity contribution in [1.82, 2.24) is 0 Å². The summed E-state index contributed by atoms with van der Waals surface area (Å²) in [5, 5.41) is 0. The highest BCUT2D eigenvalue weighted by molar-refractivity contribution is 5.19. The zero-order chi connectivity index (χ0) is 7.73. The van der Waals surface area contributed by atoms with E-state index < -0.39 is 5.97 Å². The van der Waals surface area contributed by atoms with E-state index in [4.69, 9.17) is 14.5 Å². The summed E-state index contributed by atoms with van der Waals surface area (Å²) in [6, 6.07) is 9.50. The molecule has 1 fully saturated rings. The van der Waals surface area contributed by atoms with Gasteiger partial charge in [-0.05, 0) is 0 Å². The molecule has 0 amide bonds. The maximum atomic E-state index is 4.99. The molecule has 3 heteroatoms. The molecule has 3 nitrogen and oxygen atoms in total. The summed E-state index contributed by atoms with van der Waals surface area (Å²) in [7, 11) is 1.54. The Balaban J connectivity index is 2.30. The molecule has 0 aromatic heterocycles. The zero-order valence-corrected chi connectivity index (χ0v) is 6.11. The molecule has 0 radical (unpaired) electrons. The Morgan fingerprint density at radius 1 is 1.18 bits per heavy atom. The Kier molecular flexibility index (Phi) is 1.42. The summed E-state index contributed by atoms with van der Waals surface area (Å²) >= 11 is 0. The van der Waals surface area contributed by atoms with Gasteiger partial charge < -0.3 is 4.74 Å². The quantitative estimate of drug-likeness (QED) is 0.474. The van der Waals surface area contributed by atoms with Gasteiger partial charge in [0.2, 0.25) is 0 Å². The van der Waals surface area contributed by atoms with Gasteiger partial charge in [0.1, 0.15) is 0 Å². The van der Waals surface area contributed by atoms with E-state index in [1.54, 1.807) is 7.11 Å². The molecular weight excluding hydrogens is 144 g/mol. The number of rotatable bonds is 2. The minimum absolute atomic E-state index is 0.877. The largest absolute Gasteiger partial charge is 0.367 e. The van der Waals surface area contributed by atoms with Crippen LogP contribution in [0.5, 0.6) is 0 Å². The molecule has 1 saturated heterocycles. The van der Waals surface area contributed by atoms with Crippen molar-refractivity contribution >= 4 is 0 Å². The Labute approximate surface area is 64.4 Å². The van der Waals surface area contributed by atoms with Crippen molar-refractivity contribution in [2.45, 2.75) is 5.97 Å². The van der Waals surface area contributed by atoms with Crippen molar-refractivity contribution in [2.24, 2.45) is 0 Å². The van der Waals surface area contributed by atoms with Crippen molar-refractivity contribution in [1.29, 1.82) is 0 Å². The van der Waals surface area contributed by atoms with Crippen LogP contribution in [-0.4, -0.2) is 7.11 Å². The van der Waals surface area contributed by atoms with Crippen molar-refractivity contribution in [2.75, 3.05) is 7.11 Å². The molecule has 0 saturated carbocycles. The van der Waals surface area contributed by atoms with Gasteiger partial charge in [-0.25, -0.2) is 0 Å². The van der Waals surface area contributed by atoms with Crippen LogP contribution in [0.3, 0.4) is 0 Å². The van der Waals surface area contributed by atoms with Crippen LogP contribution < -0.4 is 0 Å². The predicted molar refractivity (Wildman–Crippen MR) is 37.3 cm³/mol. The average Bonchev–Trinajstić information content (AvgIpc) is 2.86. The highest BCUT2D eigenvalue weighted by Gasteiger charge is 2.51. The molecule has 0 spiro atoms. The second-order valence-electron chi connectivity index (χ2n) is 2.29. The first-order chi connectivity index (χ1) is 5.37. The number of hydrogen-bond donors (Lipinski definition) is 0. The second-order valence-corrected chi connectivity index (χ2v) is 2.29. The zero-order valence-electron chi connectivity index (χ0n) is 6.11. The molecule has 1 aromatic carbocycles. The summed E-state index contributed by atoms with van der Waals surface area (Å²) in [5.74, 6) is -0.915. The molecule has 0 bridgehead atoms. The van der Waals surface area contributed by atoms with Gasteiger partial charge in [-0.1, -0.05) is 30.3 Å². The Bertz CT molecular complexity index is 241. The van der Waals surface area contributed by atoms with Crippen LogP contribution in [0.25, 0.3) is 0 Å². The first-order valence-corrected chi connectivity index (χ1v) is 3.35. The van der Waals surface area contributed by atoms with Crippen molar-refractivity contribution in [3.05, 3.63) is 35.9 Å². The van der Waals surface area contributed by atoms with Gasteiger partial charge in [-0.3, -0.25) is 0 Å². The molecule has 1 aliphatic rings. The van der Waals surface area contributed by atoms with Crippen molar-refractivity contribution < 1.29 is 14.5 Å². The molecule has 11 heavy (non-hydrogen) atoms. The van der Waals surface area contributed by atoms with Crippen LogP contribution in [-0.2, 0) is 20.5 Å². The van der Waals surface area contributed by atoms with E-state index in [0.29, 0.717) is 0 Å². The molecule has 0 atom stereocenters. The summed E-state index contributed by atoms with van der Waals surface area (Å²) in [5.41, 5.74) is 0.877. The van der Waals surface area contributed by atoms with Crippen LogP contribution in [0, 0.1) is 0 Å². The predicted octanol–water partition coefficient (Wildman–Crippen LogP) is 1.41. The molecule has 2 rings (SSSR count). The van der Waals surface area contributed by atoms with Crippen LogP contribution in [0.1, 0.15) is 5.56 Å². The highest BCUT2D eigenvalue weighted by atomic mass is 17.4. The van der Waals surface area contributed by atoms with E-state index in [2.05, 4.69) is 0 Å². The molecule has 1 aromatic rings. The van der Waals surface area contributed by atoms with E-state index in [-0.39, 0.29) is 0 Å². The average molecular weight is 152 g/mol. The van der Waals surface area contributed by atoms with Gasteiger partial charge in [0.15, 0.2) is 0 Å². The van der Waals surface area contributed by atoms with Crippen LogP contribution >= 0.6 is 0 Å². The molecule has 0 N–H and O–H groups in total. The molecule has 1 heterocycles. The van der Waals surface area contributed by atoms with Crippen LogP contribution in [0.15, 0.2) is 30.3 Å². The molecular formula is C8H8O3. The van der Waals surface area contributed by atoms with Crippen molar-refractivity contribution in [3.63, 3.8) is 0 Å². The van der Waals surface area contributed by atoms with Crippen LogP contribution in [0.4, 0.5) is 0 Å². The second kappa shape index (κ2) is 2.30. The number of ether oxygens (including phenoxy) is 1. The summed E-state index contributed by atoms with van der Waals surface area (Å²) in [6.07, 6.45) is 0. The maximum Gasteiger partial charge on any atom is 0.367 e. The Morgan fingerprint density at radius 2 is 1.82 bits per heavy atom. The maximum absolute atomic E-state index is 4.99. The van der Waals surface area contributed by atoms with E-state index in [0.717, 1.165) is 5.56 Å². The minimum atomic E-state index is -0.915. The van der Waals surface area contributed by atoms with Gasteiger partial charge in [0, 0.05) is 12.7 Å². The number of methoxy groups -OCH3 is 1. The third kappa shape index (κ3) is 1.03. The Hall–Kier alpha value is -0.900. The smallest absolute Gasteiger partial charge is 0.323 e. The highest BCUT2D eigenvalue weighted by Crippen LogP contribution is 2.40. The van der Waals surface area contributed by atoms with Crippen LogP contribution in [0.2, 0.25) is 0 Å². The summed E-state index contributed by atoms with van der Waals surface area (Å²) in [6.45, 7) is 0. The number of hydrogen-bond acceptors (Lipinski definition) is 3. The van der Waals surface area contributed by atoms with Gasteiger partial charge in [-0.2, -0.15) is 9.78 Å². The first kappa shape index (κ1) is 6.79. The van der Waals surface area contributed by atoms with Gasteiger partial charge in [0.25, 0.3) is 0 Å². The van der Waals surface area contributed by atoms with Gasteiger partial charge in [-0.15, -0.1) is 0 Å². The summed E-state index contributed by atoms with van der Waals surface area (Å²) < 4.78 is 4.99. The molecule has 1 aliphatic heterocycles. The normalized spacial score (nSPS) is 19.7. The van der Waals surface area contributed by atoms with E-state index in [1.807, 2.05) is 30.3 Å². The van der Waals surface area contributed by atoms with Gasteiger partial charge in [0.05, 0.1) is 0 Å². The SMILES string of the molecule is COC1(c2ccccc2)OO1. The molecule has 58 valence electrons. The lowest BCUT2D eigenvalue weighted by molar-refractivity contribution is -0.0245. The van der Waals surface area contributed by atoms with Gasteiger partial charge >= 0.3 is 5.97 Å². The fourth-order valence-electron chi connectivity index (χ4n) is 0.962. The minimum Gasteiger partial charge on any atom is -0.323 e. The fraction of sp³-hybridized carbons (Fsp3) is 0.250. The first-order valence-electron chi connectivity index (χ1n) is 3.35. The lowest BCUT2D eigenvalue weighted by Crippen LogP contribution is -2.09. The lowest BCUT2D eigenvalue weighted by atomic mass is 10.2.